The van der Waals surface area contributed by atoms with E-state index in [-0.39, 0.29) is 13.2 Å². The van der Waals surface area contributed by atoms with E-state index in [1.165, 1.54) is 19.3 Å². The van der Waals surface area contributed by atoms with Gasteiger partial charge in [0.1, 0.15) is 11.5 Å². The predicted octanol–water partition coefficient (Wildman–Crippen LogP) is 5.31. The monoisotopic (exact) mass is 388 g/mol. The van der Waals surface area contributed by atoms with E-state index in [0.717, 1.165) is 23.1 Å². The van der Waals surface area contributed by atoms with Gasteiger partial charge in [0, 0.05) is 32.1 Å². The van der Waals surface area contributed by atoms with Crippen molar-refractivity contribution < 1.29 is 19.7 Å². The van der Waals surface area contributed by atoms with Gasteiger partial charge in [-0.3, -0.25) is 0 Å². The van der Waals surface area contributed by atoms with Crippen LogP contribution in [-0.2, 0) is 0 Å². The molecule has 0 saturated carbocycles. The van der Waals surface area contributed by atoms with Gasteiger partial charge in [0.2, 0.25) is 0 Å². The molecule has 28 heavy (non-hydrogen) atoms. The summed E-state index contributed by atoms with van der Waals surface area (Å²) in [5.41, 5.74) is 3.19. The smallest absolute Gasteiger partial charge is 0.123 e. The van der Waals surface area contributed by atoms with Crippen molar-refractivity contribution in [1.82, 2.24) is 0 Å². The third kappa shape index (κ3) is 9.77. The molecular formula is C24H36O4. The maximum absolute atomic E-state index is 8.97. The quantitative estimate of drug-likeness (QED) is 0.316. The van der Waals surface area contributed by atoms with E-state index in [9.17, 15) is 0 Å². The van der Waals surface area contributed by atoms with E-state index in [1.54, 1.807) is 0 Å². The summed E-state index contributed by atoms with van der Waals surface area (Å²) in [4.78, 5) is 0. The van der Waals surface area contributed by atoms with Crippen LogP contribution in [0, 0.1) is 0 Å². The molecule has 1 aromatic rings. The number of hydrogen-bond donors (Lipinski definition) is 2. The number of allylic oxidation sites excluding steroid dienone is 5. The lowest BCUT2D eigenvalue weighted by Gasteiger charge is -2.13. The normalized spacial score (nSPS) is 11.8. The Bertz CT molecular complexity index is 603. The number of benzene rings is 1. The van der Waals surface area contributed by atoms with Gasteiger partial charge in [-0.2, -0.15) is 0 Å². The Kier molecular flexibility index (Phi) is 12.8. The first-order valence-electron chi connectivity index (χ1n) is 10.3. The van der Waals surface area contributed by atoms with E-state index in [0.29, 0.717) is 37.6 Å². The molecule has 0 atom stereocenters. The minimum Gasteiger partial charge on any atom is -0.493 e. The van der Waals surface area contributed by atoms with E-state index in [4.69, 9.17) is 19.7 Å². The Balaban J connectivity index is 2.93. The molecule has 0 heterocycles. The molecule has 0 fully saturated rings. The summed E-state index contributed by atoms with van der Waals surface area (Å²) in [5, 5.41) is 17.9. The van der Waals surface area contributed by atoms with E-state index in [1.807, 2.05) is 25.1 Å². The predicted molar refractivity (Wildman–Crippen MR) is 117 cm³/mol. The van der Waals surface area contributed by atoms with Gasteiger partial charge in [-0.25, -0.2) is 0 Å². The molecule has 4 heteroatoms. The van der Waals surface area contributed by atoms with Gasteiger partial charge >= 0.3 is 0 Å². The fourth-order valence-electron chi connectivity index (χ4n) is 2.67. The Hall–Kier alpha value is -2.04. The van der Waals surface area contributed by atoms with Gasteiger partial charge in [-0.15, -0.1) is 0 Å². The Morgan fingerprint density at radius 1 is 0.929 bits per heavy atom. The van der Waals surface area contributed by atoms with Crippen LogP contribution in [-0.4, -0.2) is 36.6 Å². The standard InChI is InChI=1S/C24H36O4/c1-4-6-7-10-20(3)11-12-21(5-2)22-17-23(27-15-8-13-25)19-24(18-22)28-16-9-14-26/h5,11-12,17-19,25-26H,3-4,6-10,13-16H2,1-2H3. The minimum absolute atomic E-state index is 0.0997. The van der Waals surface area contributed by atoms with Crippen molar-refractivity contribution in [2.45, 2.75) is 52.4 Å². The molecule has 1 aromatic carbocycles. The van der Waals surface area contributed by atoms with Crippen LogP contribution in [0.2, 0.25) is 0 Å². The molecule has 0 amide bonds. The molecule has 0 unspecified atom stereocenters. The van der Waals surface area contributed by atoms with Crippen molar-refractivity contribution in [2.24, 2.45) is 0 Å². The third-order valence-corrected chi connectivity index (χ3v) is 4.27. The van der Waals surface area contributed by atoms with Crippen molar-refractivity contribution in [3.05, 3.63) is 54.1 Å². The molecule has 156 valence electrons. The van der Waals surface area contributed by atoms with Crippen LogP contribution in [0.5, 0.6) is 11.5 Å². The van der Waals surface area contributed by atoms with E-state index >= 15 is 0 Å². The minimum atomic E-state index is 0.0997. The summed E-state index contributed by atoms with van der Waals surface area (Å²) < 4.78 is 11.5. The summed E-state index contributed by atoms with van der Waals surface area (Å²) >= 11 is 0. The molecule has 0 saturated heterocycles. The molecule has 0 bridgehead atoms. The summed E-state index contributed by atoms with van der Waals surface area (Å²) in [6.07, 6.45) is 12.0. The highest BCUT2D eigenvalue weighted by atomic mass is 16.5. The first-order chi connectivity index (χ1) is 13.6. The number of ether oxygens (including phenoxy) is 2. The fraction of sp³-hybridized carbons (Fsp3) is 0.500. The maximum Gasteiger partial charge on any atom is 0.123 e. The van der Waals surface area contributed by atoms with Crippen LogP contribution in [0.25, 0.3) is 5.57 Å². The lowest BCUT2D eigenvalue weighted by molar-refractivity contribution is 0.228. The zero-order chi connectivity index (χ0) is 20.6. The molecule has 1 rings (SSSR count). The molecule has 4 nitrogen and oxygen atoms in total. The highest BCUT2D eigenvalue weighted by molar-refractivity contribution is 5.76. The molecule has 0 spiro atoms. The zero-order valence-corrected chi connectivity index (χ0v) is 17.5. The fourth-order valence-corrected chi connectivity index (χ4v) is 2.67. The van der Waals surface area contributed by atoms with Crippen LogP contribution >= 0.6 is 0 Å². The SMILES string of the molecule is C=C(C=CC(=CC)c1cc(OCCCO)cc(OCCCO)c1)CCCCC. The van der Waals surface area contributed by atoms with Gasteiger partial charge in [-0.05, 0) is 43.0 Å². The second kappa shape index (κ2) is 14.9. The number of aliphatic hydroxyl groups is 2. The molecule has 0 aliphatic carbocycles. The highest BCUT2D eigenvalue weighted by Crippen LogP contribution is 2.29. The van der Waals surface area contributed by atoms with E-state index < -0.39 is 0 Å². The van der Waals surface area contributed by atoms with Crippen LogP contribution in [0.15, 0.2) is 48.6 Å². The lowest BCUT2D eigenvalue weighted by atomic mass is 10.0. The van der Waals surface area contributed by atoms with Gasteiger partial charge in [0.05, 0.1) is 13.2 Å². The molecule has 0 aromatic heterocycles. The van der Waals surface area contributed by atoms with Gasteiger partial charge in [-0.1, -0.05) is 50.1 Å². The third-order valence-electron chi connectivity index (χ3n) is 4.27. The number of hydrogen-bond acceptors (Lipinski definition) is 4. The molecule has 0 radical (unpaired) electrons. The number of unbranched alkanes of at least 4 members (excludes halogenated alkanes) is 2. The zero-order valence-electron chi connectivity index (χ0n) is 17.5. The first-order valence-corrected chi connectivity index (χ1v) is 10.3. The Morgan fingerprint density at radius 3 is 2.04 bits per heavy atom. The van der Waals surface area contributed by atoms with Gasteiger partial charge < -0.3 is 19.7 Å². The average molecular weight is 389 g/mol. The summed E-state index contributed by atoms with van der Waals surface area (Å²) in [7, 11) is 0. The van der Waals surface area contributed by atoms with E-state index in [2.05, 4.69) is 31.7 Å². The van der Waals surface area contributed by atoms with Crippen LogP contribution in [0.4, 0.5) is 0 Å². The summed E-state index contributed by atoms with van der Waals surface area (Å²) in [6.45, 7) is 9.46. The van der Waals surface area contributed by atoms with Crippen molar-refractivity contribution in [3.8, 4) is 11.5 Å². The lowest BCUT2D eigenvalue weighted by Crippen LogP contribution is -2.03. The van der Waals surface area contributed by atoms with Crippen molar-refractivity contribution in [1.29, 1.82) is 0 Å². The maximum atomic E-state index is 8.97. The average Bonchev–Trinajstić information content (AvgIpc) is 2.69. The number of rotatable bonds is 15. The number of aliphatic hydroxyl groups excluding tert-OH is 2. The van der Waals surface area contributed by atoms with Gasteiger partial charge in [0.15, 0.2) is 0 Å². The second-order valence-electron chi connectivity index (χ2n) is 6.74. The summed E-state index contributed by atoms with van der Waals surface area (Å²) in [6, 6.07) is 5.81. The van der Waals surface area contributed by atoms with Crippen molar-refractivity contribution >= 4 is 5.57 Å². The molecule has 0 aliphatic rings. The van der Waals surface area contributed by atoms with Crippen LogP contribution in [0.1, 0.15) is 57.9 Å². The van der Waals surface area contributed by atoms with Crippen LogP contribution < -0.4 is 9.47 Å². The van der Waals surface area contributed by atoms with Crippen LogP contribution in [0.3, 0.4) is 0 Å². The molecular weight excluding hydrogens is 352 g/mol. The Morgan fingerprint density at radius 2 is 1.54 bits per heavy atom. The molecule has 2 N–H and O–H groups in total. The molecule has 0 aliphatic heterocycles. The second-order valence-corrected chi connectivity index (χ2v) is 6.74. The first kappa shape index (κ1) is 24.0. The highest BCUT2D eigenvalue weighted by Gasteiger charge is 2.06. The van der Waals surface area contributed by atoms with Crippen molar-refractivity contribution in [2.75, 3.05) is 26.4 Å². The van der Waals surface area contributed by atoms with Crippen molar-refractivity contribution in [3.63, 3.8) is 0 Å². The largest absolute Gasteiger partial charge is 0.493 e. The van der Waals surface area contributed by atoms with Gasteiger partial charge in [0.25, 0.3) is 0 Å². The topological polar surface area (TPSA) is 58.9 Å². The summed E-state index contributed by atoms with van der Waals surface area (Å²) in [5.74, 6) is 1.42. The Labute approximate surface area is 170 Å².